The van der Waals surface area contributed by atoms with E-state index in [0.717, 1.165) is 43.8 Å². The van der Waals surface area contributed by atoms with Gasteiger partial charge in [-0.1, -0.05) is 30.3 Å². The summed E-state index contributed by atoms with van der Waals surface area (Å²) in [7, 11) is 0. The Morgan fingerprint density at radius 2 is 1.61 bits per heavy atom. The molecule has 0 bridgehead atoms. The van der Waals surface area contributed by atoms with Crippen LogP contribution in [0.2, 0.25) is 0 Å². The first kappa shape index (κ1) is 19.1. The van der Waals surface area contributed by atoms with Crippen LogP contribution in [0.4, 0.5) is 0 Å². The third kappa shape index (κ3) is 4.43. The topological polar surface area (TPSA) is 44.5 Å². The highest BCUT2D eigenvalue weighted by molar-refractivity contribution is 5.77. The van der Waals surface area contributed by atoms with Crippen molar-refractivity contribution in [2.45, 2.75) is 33.0 Å². The molecule has 28 heavy (non-hydrogen) atoms. The number of rotatable bonds is 6. The van der Waals surface area contributed by atoms with Gasteiger partial charge in [-0.25, -0.2) is 4.98 Å². The van der Waals surface area contributed by atoms with E-state index in [2.05, 4.69) is 75.7 Å². The molecule has 1 saturated heterocycles. The molecule has 1 aromatic heterocycles. The van der Waals surface area contributed by atoms with Crippen molar-refractivity contribution in [3.05, 3.63) is 65.5 Å². The Bertz CT molecular complexity index is 913. The van der Waals surface area contributed by atoms with Crippen molar-refractivity contribution in [2.24, 2.45) is 0 Å². The van der Waals surface area contributed by atoms with Crippen LogP contribution in [0.25, 0.3) is 11.0 Å². The van der Waals surface area contributed by atoms with Crippen LogP contribution in [-0.2, 0) is 13.1 Å². The molecule has 1 fully saturated rings. The maximum absolute atomic E-state index is 10.7. The second kappa shape index (κ2) is 8.43. The van der Waals surface area contributed by atoms with Gasteiger partial charge in [-0.05, 0) is 42.7 Å². The largest absolute Gasteiger partial charge is 0.390 e. The Labute approximate surface area is 167 Å². The number of hydrogen-bond acceptors (Lipinski definition) is 4. The van der Waals surface area contributed by atoms with Crippen LogP contribution in [0.1, 0.15) is 16.7 Å². The molecule has 0 aliphatic carbocycles. The third-order valence-corrected chi connectivity index (χ3v) is 5.83. The average molecular weight is 379 g/mol. The summed E-state index contributed by atoms with van der Waals surface area (Å²) in [4.78, 5) is 9.37. The molecule has 148 valence electrons. The molecule has 0 radical (unpaired) electrons. The molecule has 0 spiro atoms. The highest BCUT2D eigenvalue weighted by Gasteiger charge is 2.20. The number of aryl methyl sites for hydroxylation is 2. The number of β-amino-alcohol motifs (C(OH)–C–C–N with tert-alkyl or cyclic N) is 1. The minimum atomic E-state index is -0.389. The van der Waals surface area contributed by atoms with Crippen LogP contribution in [0.15, 0.2) is 48.8 Å². The van der Waals surface area contributed by atoms with E-state index in [0.29, 0.717) is 13.1 Å². The number of benzene rings is 2. The van der Waals surface area contributed by atoms with Crippen molar-refractivity contribution in [3.8, 4) is 0 Å². The summed E-state index contributed by atoms with van der Waals surface area (Å²) in [5.41, 5.74) is 6.00. The van der Waals surface area contributed by atoms with E-state index >= 15 is 0 Å². The molecule has 1 atom stereocenters. The molecule has 5 heteroatoms. The Kier molecular flexibility index (Phi) is 5.76. The second-order valence-electron chi connectivity index (χ2n) is 8.04. The van der Waals surface area contributed by atoms with Crippen LogP contribution < -0.4 is 0 Å². The van der Waals surface area contributed by atoms with Crippen molar-refractivity contribution >= 4 is 11.0 Å². The summed E-state index contributed by atoms with van der Waals surface area (Å²) in [6.07, 6.45) is 1.46. The molecule has 4 rings (SSSR count). The second-order valence-corrected chi connectivity index (χ2v) is 8.04. The Morgan fingerprint density at radius 3 is 2.36 bits per heavy atom. The van der Waals surface area contributed by atoms with Gasteiger partial charge in [-0.3, -0.25) is 9.80 Å². The summed E-state index contributed by atoms with van der Waals surface area (Å²) in [5.74, 6) is 0. The molecule has 2 heterocycles. The molecule has 0 saturated carbocycles. The molecule has 0 amide bonds. The maximum Gasteiger partial charge on any atom is 0.0959 e. The number of aromatic nitrogens is 2. The number of imidazole rings is 1. The zero-order valence-electron chi connectivity index (χ0n) is 16.9. The fourth-order valence-corrected chi connectivity index (χ4v) is 4.01. The fraction of sp³-hybridized carbons (Fsp3) is 0.435. The van der Waals surface area contributed by atoms with E-state index < -0.39 is 0 Å². The highest BCUT2D eigenvalue weighted by atomic mass is 16.3. The minimum Gasteiger partial charge on any atom is -0.390 e. The van der Waals surface area contributed by atoms with Gasteiger partial charge in [0, 0.05) is 39.3 Å². The molecule has 1 N–H and O–H groups in total. The maximum atomic E-state index is 10.7. The van der Waals surface area contributed by atoms with Crippen LogP contribution in [0, 0.1) is 13.8 Å². The van der Waals surface area contributed by atoms with E-state index in [1.165, 1.54) is 16.7 Å². The zero-order valence-corrected chi connectivity index (χ0v) is 16.9. The van der Waals surface area contributed by atoms with Crippen LogP contribution in [-0.4, -0.2) is 63.3 Å². The first-order valence-corrected chi connectivity index (χ1v) is 10.2. The standard InChI is InChI=1S/C23H30N4O/c1-18-12-22-23(13-19(18)2)27(17-24-22)16-21(28)15-26-10-8-25(9-11-26)14-20-6-4-3-5-7-20/h3-7,12-13,17,21,28H,8-11,14-16H2,1-2H3/t21-/m0/s1. The van der Waals surface area contributed by atoms with Crippen molar-refractivity contribution in [1.82, 2.24) is 19.4 Å². The monoisotopic (exact) mass is 378 g/mol. The van der Waals surface area contributed by atoms with Crippen molar-refractivity contribution in [2.75, 3.05) is 32.7 Å². The van der Waals surface area contributed by atoms with Gasteiger partial charge in [0.2, 0.25) is 0 Å². The van der Waals surface area contributed by atoms with E-state index in [4.69, 9.17) is 0 Å². The van der Waals surface area contributed by atoms with Crippen LogP contribution >= 0.6 is 0 Å². The minimum absolute atomic E-state index is 0.389. The predicted octanol–water partition coefficient (Wildman–Crippen LogP) is 2.83. The first-order valence-electron chi connectivity index (χ1n) is 10.2. The first-order chi connectivity index (χ1) is 13.6. The number of nitrogens with zero attached hydrogens (tertiary/aromatic N) is 4. The normalized spacial score (nSPS) is 17.2. The van der Waals surface area contributed by atoms with Gasteiger partial charge >= 0.3 is 0 Å². The van der Waals surface area contributed by atoms with Crippen LogP contribution in [0.3, 0.4) is 0 Å². The van der Waals surface area contributed by atoms with E-state index in [1.54, 1.807) is 0 Å². The Morgan fingerprint density at radius 1 is 0.929 bits per heavy atom. The third-order valence-electron chi connectivity index (χ3n) is 5.83. The lowest BCUT2D eigenvalue weighted by atomic mass is 10.1. The van der Waals surface area contributed by atoms with Gasteiger partial charge in [0.05, 0.1) is 30.0 Å². The number of aliphatic hydroxyl groups is 1. The van der Waals surface area contributed by atoms with Gasteiger partial charge in [-0.2, -0.15) is 0 Å². The predicted molar refractivity (Wildman–Crippen MR) is 113 cm³/mol. The molecule has 1 aliphatic rings. The van der Waals surface area contributed by atoms with E-state index in [-0.39, 0.29) is 6.10 Å². The highest BCUT2D eigenvalue weighted by Crippen LogP contribution is 2.19. The summed E-state index contributed by atoms with van der Waals surface area (Å²) >= 11 is 0. The number of piperazine rings is 1. The number of aliphatic hydroxyl groups excluding tert-OH is 1. The number of hydrogen-bond donors (Lipinski definition) is 1. The van der Waals surface area contributed by atoms with E-state index in [9.17, 15) is 5.11 Å². The van der Waals surface area contributed by atoms with Crippen molar-refractivity contribution in [3.63, 3.8) is 0 Å². The quantitative estimate of drug-likeness (QED) is 0.716. The average Bonchev–Trinajstić information content (AvgIpc) is 3.06. The number of fused-ring (bicyclic) bond motifs is 1. The van der Waals surface area contributed by atoms with E-state index in [1.807, 2.05) is 6.33 Å². The van der Waals surface area contributed by atoms with Gasteiger partial charge in [-0.15, -0.1) is 0 Å². The zero-order chi connectivity index (χ0) is 19.5. The van der Waals surface area contributed by atoms with Crippen molar-refractivity contribution in [1.29, 1.82) is 0 Å². The lowest BCUT2D eigenvalue weighted by Gasteiger charge is -2.35. The SMILES string of the molecule is Cc1cc2ncn(C[C@@H](O)CN3CCN(Cc4ccccc4)CC3)c2cc1C. The van der Waals surface area contributed by atoms with Gasteiger partial charge in [0.15, 0.2) is 0 Å². The summed E-state index contributed by atoms with van der Waals surface area (Å²) in [6.45, 7) is 10.7. The summed E-state index contributed by atoms with van der Waals surface area (Å²) < 4.78 is 2.08. The van der Waals surface area contributed by atoms with Gasteiger partial charge in [0.25, 0.3) is 0 Å². The lowest BCUT2D eigenvalue weighted by Crippen LogP contribution is -2.48. The molecule has 0 unspecified atom stereocenters. The lowest BCUT2D eigenvalue weighted by molar-refractivity contribution is 0.0628. The molecule has 1 aliphatic heterocycles. The molecular weight excluding hydrogens is 348 g/mol. The summed E-state index contributed by atoms with van der Waals surface area (Å²) in [5, 5.41) is 10.7. The summed E-state index contributed by atoms with van der Waals surface area (Å²) in [6, 6.07) is 14.9. The molecular formula is C23H30N4O. The Hall–Kier alpha value is -2.21. The Balaban J connectivity index is 1.29. The van der Waals surface area contributed by atoms with Crippen LogP contribution in [0.5, 0.6) is 0 Å². The smallest absolute Gasteiger partial charge is 0.0959 e. The van der Waals surface area contributed by atoms with Gasteiger partial charge < -0.3 is 9.67 Å². The van der Waals surface area contributed by atoms with Crippen molar-refractivity contribution < 1.29 is 5.11 Å². The molecule has 3 aromatic rings. The fourth-order valence-electron chi connectivity index (χ4n) is 4.01. The molecule has 5 nitrogen and oxygen atoms in total. The van der Waals surface area contributed by atoms with Gasteiger partial charge in [0.1, 0.15) is 0 Å². The molecule has 2 aromatic carbocycles.